The fraction of sp³-hybridized carbons (Fsp3) is 0.750. The van der Waals surface area contributed by atoms with Crippen molar-refractivity contribution in [2.24, 2.45) is 5.73 Å². The molecule has 4 heteroatoms. The minimum Gasteiger partial charge on any atom is -0.352 e. The highest BCUT2D eigenvalue weighted by Crippen LogP contribution is 2.30. The van der Waals surface area contributed by atoms with Crippen molar-refractivity contribution < 1.29 is 0 Å². The molecule has 0 bridgehead atoms. The number of hydrogen-bond acceptors (Lipinski definition) is 4. The lowest BCUT2D eigenvalue weighted by atomic mass is 10.1. The van der Waals surface area contributed by atoms with E-state index in [0.717, 1.165) is 25.9 Å². The van der Waals surface area contributed by atoms with Crippen LogP contribution in [0, 0.1) is 0 Å². The summed E-state index contributed by atoms with van der Waals surface area (Å²) in [5.74, 6) is 1.19. The molecule has 2 aliphatic rings. The SMILES string of the molecule is NCC1CCCCCN1c1ncnc2c1CCCCC2. The Kier molecular flexibility index (Phi) is 4.51. The first-order valence-corrected chi connectivity index (χ1v) is 8.19. The molecule has 1 unspecified atom stereocenters. The van der Waals surface area contributed by atoms with E-state index in [0.29, 0.717) is 6.04 Å². The largest absolute Gasteiger partial charge is 0.352 e. The summed E-state index contributed by atoms with van der Waals surface area (Å²) < 4.78 is 0. The molecule has 1 atom stereocenters. The number of nitrogens with two attached hydrogens (primary N) is 1. The van der Waals surface area contributed by atoms with Gasteiger partial charge in [-0.2, -0.15) is 0 Å². The van der Waals surface area contributed by atoms with Crippen LogP contribution < -0.4 is 10.6 Å². The molecule has 1 aromatic heterocycles. The van der Waals surface area contributed by atoms with E-state index in [-0.39, 0.29) is 0 Å². The van der Waals surface area contributed by atoms with Gasteiger partial charge in [-0.15, -0.1) is 0 Å². The van der Waals surface area contributed by atoms with Crippen LogP contribution in [0.5, 0.6) is 0 Å². The highest BCUT2D eigenvalue weighted by atomic mass is 15.2. The molecule has 1 aliphatic heterocycles. The number of hydrogen-bond donors (Lipinski definition) is 1. The number of anilines is 1. The highest BCUT2D eigenvalue weighted by molar-refractivity contribution is 5.50. The Morgan fingerprint density at radius 1 is 1.05 bits per heavy atom. The summed E-state index contributed by atoms with van der Waals surface area (Å²) in [4.78, 5) is 11.7. The third-order valence-electron chi connectivity index (χ3n) is 4.77. The van der Waals surface area contributed by atoms with Crippen LogP contribution in [0.1, 0.15) is 56.2 Å². The van der Waals surface area contributed by atoms with Gasteiger partial charge in [0.1, 0.15) is 12.1 Å². The van der Waals surface area contributed by atoms with Crippen molar-refractivity contribution in [2.45, 2.75) is 63.8 Å². The van der Waals surface area contributed by atoms with E-state index >= 15 is 0 Å². The van der Waals surface area contributed by atoms with Crippen LogP contribution in [0.3, 0.4) is 0 Å². The van der Waals surface area contributed by atoms with Gasteiger partial charge >= 0.3 is 0 Å². The van der Waals surface area contributed by atoms with Crippen molar-refractivity contribution >= 4 is 5.82 Å². The Hall–Kier alpha value is -1.16. The summed E-state index contributed by atoms with van der Waals surface area (Å²) in [5.41, 5.74) is 8.71. The second kappa shape index (κ2) is 6.53. The first-order valence-electron chi connectivity index (χ1n) is 8.19. The fourth-order valence-corrected chi connectivity index (χ4v) is 3.63. The van der Waals surface area contributed by atoms with Crippen LogP contribution in [0.15, 0.2) is 6.33 Å². The molecule has 110 valence electrons. The molecule has 1 aliphatic carbocycles. The predicted molar refractivity (Wildman–Crippen MR) is 81.9 cm³/mol. The molecule has 0 spiro atoms. The van der Waals surface area contributed by atoms with E-state index < -0.39 is 0 Å². The zero-order valence-corrected chi connectivity index (χ0v) is 12.4. The van der Waals surface area contributed by atoms with Crippen LogP contribution in [0.2, 0.25) is 0 Å². The fourth-order valence-electron chi connectivity index (χ4n) is 3.63. The molecule has 2 heterocycles. The molecule has 0 saturated carbocycles. The van der Waals surface area contributed by atoms with Gasteiger partial charge in [0.15, 0.2) is 0 Å². The van der Waals surface area contributed by atoms with E-state index in [1.165, 1.54) is 62.0 Å². The summed E-state index contributed by atoms with van der Waals surface area (Å²) in [6.07, 6.45) is 13.0. The Bertz CT molecular complexity index is 446. The van der Waals surface area contributed by atoms with Gasteiger partial charge < -0.3 is 10.6 Å². The zero-order valence-electron chi connectivity index (χ0n) is 12.4. The molecule has 1 fully saturated rings. The first kappa shape index (κ1) is 13.8. The minimum absolute atomic E-state index is 0.458. The number of aromatic nitrogens is 2. The monoisotopic (exact) mass is 274 g/mol. The van der Waals surface area contributed by atoms with E-state index in [1.54, 1.807) is 6.33 Å². The molecular formula is C16H26N4. The normalized spacial score (nSPS) is 23.9. The number of aryl methyl sites for hydroxylation is 1. The molecule has 0 amide bonds. The lowest BCUT2D eigenvalue weighted by molar-refractivity contribution is 0.572. The maximum absolute atomic E-state index is 6.02. The molecule has 1 aromatic rings. The van der Waals surface area contributed by atoms with Crippen LogP contribution in [-0.4, -0.2) is 29.1 Å². The standard InChI is InChI=1S/C16H26N4/c17-11-13-7-3-2-6-10-20(13)16-14-8-4-1-5-9-15(14)18-12-19-16/h12-13H,1-11,17H2. The maximum atomic E-state index is 6.02. The summed E-state index contributed by atoms with van der Waals surface area (Å²) >= 11 is 0. The molecule has 4 nitrogen and oxygen atoms in total. The topological polar surface area (TPSA) is 55.0 Å². The Balaban J connectivity index is 1.95. The van der Waals surface area contributed by atoms with Gasteiger partial charge in [-0.25, -0.2) is 9.97 Å². The first-order chi connectivity index (χ1) is 9.90. The number of rotatable bonds is 2. The van der Waals surface area contributed by atoms with Crippen molar-refractivity contribution in [3.05, 3.63) is 17.6 Å². The maximum Gasteiger partial charge on any atom is 0.135 e. The van der Waals surface area contributed by atoms with Crippen LogP contribution in [0.25, 0.3) is 0 Å². The van der Waals surface area contributed by atoms with Crippen molar-refractivity contribution in [1.82, 2.24) is 9.97 Å². The van der Waals surface area contributed by atoms with Gasteiger partial charge in [0.05, 0.1) is 0 Å². The number of nitrogens with zero attached hydrogens (tertiary/aromatic N) is 3. The third kappa shape index (κ3) is 2.80. The number of fused-ring (bicyclic) bond motifs is 1. The van der Waals surface area contributed by atoms with Gasteiger partial charge in [-0.3, -0.25) is 0 Å². The molecule has 0 radical (unpaired) electrons. The van der Waals surface area contributed by atoms with Crippen molar-refractivity contribution in [1.29, 1.82) is 0 Å². The zero-order chi connectivity index (χ0) is 13.8. The van der Waals surface area contributed by atoms with E-state index in [1.807, 2.05) is 0 Å². The molecule has 1 saturated heterocycles. The van der Waals surface area contributed by atoms with Gasteiger partial charge in [0, 0.05) is 30.4 Å². The predicted octanol–water partition coefficient (Wildman–Crippen LogP) is 2.45. The van der Waals surface area contributed by atoms with Crippen LogP contribution in [-0.2, 0) is 12.8 Å². The third-order valence-corrected chi connectivity index (χ3v) is 4.77. The summed E-state index contributed by atoms with van der Waals surface area (Å²) in [5, 5.41) is 0. The van der Waals surface area contributed by atoms with E-state index in [9.17, 15) is 0 Å². The molecule has 3 rings (SSSR count). The molecule has 0 aromatic carbocycles. The highest BCUT2D eigenvalue weighted by Gasteiger charge is 2.25. The van der Waals surface area contributed by atoms with Crippen LogP contribution in [0.4, 0.5) is 5.82 Å². The van der Waals surface area contributed by atoms with E-state index in [2.05, 4.69) is 14.9 Å². The molecule has 20 heavy (non-hydrogen) atoms. The van der Waals surface area contributed by atoms with Gasteiger partial charge in [-0.05, 0) is 38.5 Å². The van der Waals surface area contributed by atoms with Crippen LogP contribution >= 0.6 is 0 Å². The van der Waals surface area contributed by atoms with Crippen molar-refractivity contribution in [3.8, 4) is 0 Å². The average Bonchev–Trinajstić information content (AvgIpc) is 2.86. The van der Waals surface area contributed by atoms with E-state index in [4.69, 9.17) is 5.73 Å². The van der Waals surface area contributed by atoms with Gasteiger partial charge in [0.2, 0.25) is 0 Å². The Labute approximate surface area is 121 Å². The quantitative estimate of drug-likeness (QED) is 0.842. The smallest absolute Gasteiger partial charge is 0.135 e. The Morgan fingerprint density at radius 2 is 1.90 bits per heavy atom. The lowest BCUT2D eigenvalue weighted by Gasteiger charge is -2.32. The molecular weight excluding hydrogens is 248 g/mol. The van der Waals surface area contributed by atoms with Crippen molar-refractivity contribution in [2.75, 3.05) is 18.0 Å². The molecule has 2 N–H and O–H groups in total. The second-order valence-corrected chi connectivity index (χ2v) is 6.12. The van der Waals surface area contributed by atoms with Gasteiger partial charge in [0.25, 0.3) is 0 Å². The lowest BCUT2D eigenvalue weighted by Crippen LogP contribution is -2.41. The summed E-state index contributed by atoms with van der Waals surface area (Å²) in [7, 11) is 0. The van der Waals surface area contributed by atoms with Crippen molar-refractivity contribution in [3.63, 3.8) is 0 Å². The summed E-state index contributed by atoms with van der Waals surface area (Å²) in [6, 6.07) is 0.458. The minimum atomic E-state index is 0.458. The second-order valence-electron chi connectivity index (χ2n) is 6.12. The van der Waals surface area contributed by atoms with Gasteiger partial charge in [-0.1, -0.05) is 19.3 Å². The Morgan fingerprint density at radius 3 is 2.80 bits per heavy atom. The summed E-state index contributed by atoms with van der Waals surface area (Å²) in [6.45, 7) is 1.84. The average molecular weight is 274 g/mol.